The Labute approximate surface area is 180 Å². The Morgan fingerprint density at radius 2 is 1.77 bits per heavy atom. The first kappa shape index (κ1) is 20.7. The molecule has 3 N–H and O–H groups in total. The summed E-state index contributed by atoms with van der Waals surface area (Å²) in [7, 11) is 1.81. The molecular weight excluding hydrogens is 396 g/mol. The summed E-state index contributed by atoms with van der Waals surface area (Å²) in [4.78, 5) is 21.2. The van der Waals surface area contributed by atoms with E-state index in [2.05, 4.69) is 9.88 Å². The molecule has 1 aliphatic heterocycles. The van der Waals surface area contributed by atoms with Crippen LogP contribution in [0.15, 0.2) is 55.0 Å². The Hall–Kier alpha value is -3.52. The molecule has 2 aromatic carbocycles. The summed E-state index contributed by atoms with van der Waals surface area (Å²) >= 11 is 0. The normalized spacial score (nSPS) is 15.1. The molecule has 0 spiro atoms. The fraction of sp³-hybridized carbons (Fsp3) is 0.304. The van der Waals surface area contributed by atoms with Gasteiger partial charge in [0.1, 0.15) is 23.6 Å². The number of nitrogens with zero attached hydrogens (tertiary/aromatic N) is 4. The van der Waals surface area contributed by atoms with E-state index >= 15 is 0 Å². The third-order valence-electron chi connectivity index (χ3n) is 5.72. The van der Waals surface area contributed by atoms with E-state index in [1.807, 2.05) is 13.1 Å². The smallest absolute Gasteiger partial charge is 0.329 e. The predicted molar refractivity (Wildman–Crippen MR) is 116 cm³/mol. The van der Waals surface area contributed by atoms with Crippen molar-refractivity contribution < 1.29 is 20.1 Å². The fourth-order valence-corrected chi connectivity index (χ4v) is 4.05. The lowest BCUT2D eigenvalue weighted by atomic mass is 10.0. The van der Waals surface area contributed by atoms with E-state index in [4.69, 9.17) is 0 Å². The zero-order valence-electron chi connectivity index (χ0n) is 17.3. The number of carbonyl (C=O) groups is 1. The Balaban J connectivity index is 1.35. The molecule has 0 unspecified atom stereocenters. The highest BCUT2D eigenvalue weighted by Crippen LogP contribution is 2.25. The summed E-state index contributed by atoms with van der Waals surface area (Å²) in [6, 6.07) is 11.4. The lowest BCUT2D eigenvalue weighted by Crippen LogP contribution is -2.46. The second-order valence-corrected chi connectivity index (χ2v) is 7.97. The Kier molecular flexibility index (Phi) is 5.81. The van der Waals surface area contributed by atoms with Crippen molar-refractivity contribution in [3.05, 3.63) is 60.6 Å². The molecule has 2 heterocycles. The molecule has 1 aliphatic rings. The first-order valence-corrected chi connectivity index (χ1v) is 10.2. The van der Waals surface area contributed by atoms with Crippen LogP contribution in [-0.4, -0.2) is 66.9 Å². The number of carbonyl (C=O) groups excluding carboxylic acids is 1. The number of aromatic hydroxyl groups is 3. The minimum absolute atomic E-state index is 0.0561. The van der Waals surface area contributed by atoms with Gasteiger partial charge in [0.15, 0.2) is 0 Å². The maximum atomic E-state index is 12.9. The number of hydrogen-bond donors (Lipinski definition) is 3. The van der Waals surface area contributed by atoms with Crippen LogP contribution in [0, 0.1) is 0 Å². The van der Waals surface area contributed by atoms with Crippen LogP contribution in [0.3, 0.4) is 0 Å². The number of imidazole rings is 1. The van der Waals surface area contributed by atoms with Gasteiger partial charge in [-0.25, -0.2) is 9.78 Å². The Morgan fingerprint density at radius 3 is 2.45 bits per heavy atom. The summed E-state index contributed by atoms with van der Waals surface area (Å²) in [5.41, 5.74) is 2.24. The third kappa shape index (κ3) is 4.80. The standard InChI is InChI=1S/C23H26N4O4/c1-25(23(31)27-14-22(24-15-27)17-3-2-4-19(28)11-17)18-5-7-26(8-6-18)13-16-9-20(29)12-21(30)10-16/h2-4,9-12,14-15,18,28-30H,5-8,13H2,1H3. The topological polar surface area (TPSA) is 102 Å². The number of amides is 1. The maximum Gasteiger partial charge on any atom is 0.329 e. The molecule has 162 valence electrons. The molecule has 1 aromatic heterocycles. The van der Waals surface area contributed by atoms with Gasteiger partial charge >= 0.3 is 6.03 Å². The fourth-order valence-electron chi connectivity index (χ4n) is 4.05. The minimum Gasteiger partial charge on any atom is -0.508 e. The highest BCUT2D eigenvalue weighted by atomic mass is 16.3. The highest BCUT2D eigenvalue weighted by molar-refractivity contribution is 5.78. The number of aromatic nitrogens is 2. The predicted octanol–water partition coefficient (Wildman–Crippen LogP) is 3.23. The van der Waals surface area contributed by atoms with Crippen LogP contribution >= 0.6 is 0 Å². The van der Waals surface area contributed by atoms with Gasteiger partial charge in [-0.15, -0.1) is 0 Å². The van der Waals surface area contributed by atoms with E-state index in [1.165, 1.54) is 17.0 Å². The molecular formula is C23H26N4O4. The molecule has 3 aromatic rings. The number of benzene rings is 2. The monoisotopic (exact) mass is 422 g/mol. The van der Waals surface area contributed by atoms with Crippen LogP contribution in [-0.2, 0) is 6.54 Å². The van der Waals surface area contributed by atoms with E-state index in [9.17, 15) is 20.1 Å². The summed E-state index contributed by atoms with van der Waals surface area (Å²) < 4.78 is 1.47. The number of rotatable bonds is 4. The van der Waals surface area contributed by atoms with Crippen LogP contribution in [0.2, 0.25) is 0 Å². The number of likely N-dealkylation sites (tertiary alicyclic amines) is 1. The molecule has 1 amide bonds. The molecule has 0 saturated carbocycles. The Bertz CT molecular complexity index is 1050. The van der Waals surface area contributed by atoms with E-state index in [-0.39, 0.29) is 29.3 Å². The van der Waals surface area contributed by atoms with E-state index in [0.717, 1.165) is 37.1 Å². The molecule has 4 rings (SSSR count). The number of piperidine rings is 1. The number of phenolic OH excluding ortho intramolecular Hbond substituents is 3. The van der Waals surface area contributed by atoms with Crippen molar-refractivity contribution in [3.63, 3.8) is 0 Å². The lowest BCUT2D eigenvalue weighted by molar-refractivity contribution is 0.131. The lowest BCUT2D eigenvalue weighted by Gasteiger charge is -2.36. The quantitative estimate of drug-likeness (QED) is 0.597. The summed E-state index contributed by atoms with van der Waals surface area (Å²) in [6.07, 6.45) is 4.85. The zero-order valence-corrected chi connectivity index (χ0v) is 17.3. The summed E-state index contributed by atoms with van der Waals surface area (Å²) in [5.74, 6) is 0.268. The average molecular weight is 422 g/mol. The largest absolute Gasteiger partial charge is 0.508 e. The van der Waals surface area contributed by atoms with Gasteiger partial charge in [0.05, 0.1) is 5.69 Å². The van der Waals surface area contributed by atoms with Crippen LogP contribution in [0.1, 0.15) is 18.4 Å². The number of phenols is 3. The second-order valence-electron chi connectivity index (χ2n) is 7.97. The molecule has 8 heteroatoms. The molecule has 0 radical (unpaired) electrons. The van der Waals surface area contributed by atoms with E-state index in [0.29, 0.717) is 12.2 Å². The van der Waals surface area contributed by atoms with E-state index in [1.54, 1.807) is 41.4 Å². The summed E-state index contributed by atoms with van der Waals surface area (Å²) in [6.45, 7) is 2.27. The summed E-state index contributed by atoms with van der Waals surface area (Å²) in [5, 5.41) is 29.0. The minimum atomic E-state index is -0.143. The number of hydrogen-bond acceptors (Lipinski definition) is 6. The highest BCUT2D eigenvalue weighted by Gasteiger charge is 2.26. The van der Waals surface area contributed by atoms with Crippen molar-refractivity contribution in [3.8, 4) is 28.5 Å². The SMILES string of the molecule is CN(C(=O)n1cnc(-c2cccc(O)c2)c1)C1CCN(Cc2cc(O)cc(O)c2)CC1. The van der Waals surface area contributed by atoms with Crippen LogP contribution in [0.5, 0.6) is 17.2 Å². The van der Waals surface area contributed by atoms with E-state index < -0.39 is 0 Å². The van der Waals surface area contributed by atoms with Gasteiger partial charge in [0, 0.05) is 50.6 Å². The third-order valence-corrected chi connectivity index (χ3v) is 5.72. The van der Waals surface area contributed by atoms with Gasteiger partial charge in [0.2, 0.25) is 0 Å². The molecule has 1 fully saturated rings. The van der Waals surface area contributed by atoms with Crippen molar-refractivity contribution in [1.29, 1.82) is 0 Å². The molecule has 0 atom stereocenters. The Morgan fingerprint density at radius 1 is 1.06 bits per heavy atom. The first-order chi connectivity index (χ1) is 14.9. The van der Waals surface area contributed by atoms with Gasteiger partial charge in [-0.1, -0.05) is 12.1 Å². The molecule has 31 heavy (non-hydrogen) atoms. The van der Waals surface area contributed by atoms with Crippen LogP contribution in [0.25, 0.3) is 11.3 Å². The van der Waals surface area contributed by atoms with Gasteiger partial charge in [-0.2, -0.15) is 0 Å². The van der Waals surface area contributed by atoms with Crippen molar-refractivity contribution in [1.82, 2.24) is 19.4 Å². The van der Waals surface area contributed by atoms with Crippen molar-refractivity contribution in [2.75, 3.05) is 20.1 Å². The van der Waals surface area contributed by atoms with Gasteiger partial charge in [-0.3, -0.25) is 9.47 Å². The van der Waals surface area contributed by atoms with Crippen LogP contribution in [0.4, 0.5) is 4.79 Å². The van der Waals surface area contributed by atoms with Gasteiger partial charge in [0.25, 0.3) is 0 Å². The van der Waals surface area contributed by atoms with Gasteiger partial charge < -0.3 is 20.2 Å². The van der Waals surface area contributed by atoms with Crippen molar-refractivity contribution in [2.45, 2.75) is 25.4 Å². The average Bonchev–Trinajstić information content (AvgIpc) is 3.23. The molecule has 0 bridgehead atoms. The zero-order chi connectivity index (χ0) is 22.0. The molecule has 8 nitrogen and oxygen atoms in total. The van der Waals surface area contributed by atoms with Gasteiger partial charge in [-0.05, 0) is 42.7 Å². The van der Waals surface area contributed by atoms with Crippen molar-refractivity contribution >= 4 is 6.03 Å². The second kappa shape index (κ2) is 8.69. The first-order valence-electron chi connectivity index (χ1n) is 10.2. The molecule has 1 saturated heterocycles. The molecule has 0 aliphatic carbocycles. The van der Waals surface area contributed by atoms with Crippen LogP contribution < -0.4 is 0 Å². The van der Waals surface area contributed by atoms with Crippen molar-refractivity contribution in [2.24, 2.45) is 0 Å². The maximum absolute atomic E-state index is 12.9.